The van der Waals surface area contributed by atoms with Gasteiger partial charge in [-0.25, -0.2) is 4.79 Å². The first-order valence-electron chi connectivity index (χ1n) is 11.2. The molecule has 2 unspecified atom stereocenters. The number of hydrogen-bond acceptors (Lipinski definition) is 5. The van der Waals surface area contributed by atoms with Gasteiger partial charge < -0.3 is 18.9 Å². The number of ether oxygens (including phenoxy) is 4. The second-order valence-electron chi connectivity index (χ2n) is 7.20. The van der Waals surface area contributed by atoms with Crippen molar-refractivity contribution in [2.45, 2.75) is 92.0 Å². The van der Waals surface area contributed by atoms with Crippen molar-refractivity contribution in [1.82, 2.24) is 0 Å². The number of carbonyl (C=O) groups is 1. The first kappa shape index (κ1) is 27.1. The fraction of sp³-hybridized carbons (Fsp3) is 0.870. The van der Waals surface area contributed by atoms with Crippen LogP contribution in [0, 0.1) is 11.8 Å². The Kier molecular flexibility index (Phi) is 16.4. The lowest BCUT2D eigenvalue weighted by atomic mass is 9.83. The molecule has 5 heteroatoms. The number of rotatable bonds is 19. The highest BCUT2D eigenvalue weighted by molar-refractivity contribution is 5.81. The van der Waals surface area contributed by atoms with E-state index in [1.165, 1.54) is 38.2 Å². The largest absolute Gasteiger partial charge is 0.463 e. The number of carbonyl (C=O) groups excluding carboxylic acids is 1. The number of hydrogen-bond donors (Lipinski definition) is 0. The third-order valence-corrected chi connectivity index (χ3v) is 5.01. The van der Waals surface area contributed by atoms with Gasteiger partial charge in [0.2, 0.25) is 0 Å². The van der Waals surface area contributed by atoms with Crippen LogP contribution in [0.15, 0.2) is 12.7 Å². The van der Waals surface area contributed by atoms with Gasteiger partial charge in [-0.2, -0.15) is 0 Å². The molecule has 0 amide bonds. The Balaban J connectivity index is 5.12. The molecule has 0 bridgehead atoms. The van der Waals surface area contributed by atoms with Crippen LogP contribution in [0.25, 0.3) is 0 Å². The van der Waals surface area contributed by atoms with E-state index >= 15 is 0 Å². The quantitative estimate of drug-likeness (QED) is 0.117. The molecule has 0 aliphatic rings. The lowest BCUT2D eigenvalue weighted by Gasteiger charge is -2.42. The molecule has 0 heterocycles. The van der Waals surface area contributed by atoms with Crippen LogP contribution in [0.4, 0.5) is 0 Å². The smallest absolute Gasteiger partial charge is 0.330 e. The summed E-state index contributed by atoms with van der Waals surface area (Å²) in [6.07, 6.45) is 10.1. The molecule has 28 heavy (non-hydrogen) atoms. The minimum Gasteiger partial charge on any atom is -0.463 e. The van der Waals surface area contributed by atoms with Gasteiger partial charge in [0.1, 0.15) is 0 Å². The van der Waals surface area contributed by atoms with Crippen molar-refractivity contribution in [3.05, 3.63) is 12.7 Å². The van der Waals surface area contributed by atoms with Crippen LogP contribution in [0.3, 0.4) is 0 Å². The zero-order chi connectivity index (χ0) is 21.3. The summed E-state index contributed by atoms with van der Waals surface area (Å²) < 4.78 is 23.4. The molecule has 0 rings (SSSR count). The molecule has 0 saturated carbocycles. The normalized spacial score (nSPS) is 13.9. The minimum atomic E-state index is -1.04. The Morgan fingerprint density at radius 2 is 1.46 bits per heavy atom. The van der Waals surface area contributed by atoms with Gasteiger partial charge in [0, 0.05) is 31.8 Å². The van der Waals surface area contributed by atoms with Crippen molar-refractivity contribution in [1.29, 1.82) is 0 Å². The van der Waals surface area contributed by atoms with E-state index in [0.717, 1.165) is 19.3 Å². The lowest BCUT2D eigenvalue weighted by molar-refractivity contribution is -0.408. The molecule has 0 aromatic rings. The Hall–Kier alpha value is -0.910. The Morgan fingerprint density at radius 1 is 0.893 bits per heavy atom. The summed E-state index contributed by atoms with van der Waals surface area (Å²) >= 11 is 0. The van der Waals surface area contributed by atoms with Crippen LogP contribution in [0.2, 0.25) is 0 Å². The van der Waals surface area contributed by atoms with E-state index < -0.39 is 5.97 Å². The van der Waals surface area contributed by atoms with E-state index in [1.54, 1.807) is 0 Å². The van der Waals surface area contributed by atoms with Gasteiger partial charge in [0.05, 0.1) is 6.61 Å². The number of unbranched alkanes of at least 4 members (excludes halogenated alkanes) is 4. The SMILES string of the molecule is C=CC(=O)OCCCC(C(C)CCCCCCC)C(OCC)(OCC)OCC. The predicted molar refractivity (Wildman–Crippen MR) is 114 cm³/mol. The fourth-order valence-electron chi connectivity index (χ4n) is 3.67. The maximum absolute atomic E-state index is 11.3. The molecule has 5 nitrogen and oxygen atoms in total. The van der Waals surface area contributed by atoms with Gasteiger partial charge in [0.15, 0.2) is 0 Å². The summed E-state index contributed by atoms with van der Waals surface area (Å²) in [5, 5.41) is 0. The molecule has 0 fully saturated rings. The van der Waals surface area contributed by atoms with Gasteiger partial charge in [-0.05, 0) is 39.5 Å². The van der Waals surface area contributed by atoms with E-state index in [0.29, 0.717) is 32.3 Å². The monoisotopic (exact) mass is 400 g/mol. The van der Waals surface area contributed by atoms with Crippen molar-refractivity contribution >= 4 is 5.97 Å². The average molecular weight is 401 g/mol. The maximum atomic E-state index is 11.3. The second kappa shape index (κ2) is 17.0. The molecule has 0 aromatic carbocycles. The highest BCUT2D eigenvalue weighted by Gasteiger charge is 2.44. The average Bonchev–Trinajstić information content (AvgIpc) is 2.67. The molecular formula is C23H44O5. The van der Waals surface area contributed by atoms with E-state index in [-0.39, 0.29) is 11.9 Å². The zero-order valence-corrected chi connectivity index (χ0v) is 19.0. The van der Waals surface area contributed by atoms with Crippen LogP contribution in [-0.2, 0) is 23.7 Å². The van der Waals surface area contributed by atoms with Crippen molar-refractivity contribution < 1.29 is 23.7 Å². The third-order valence-electron chi connectivity index (χ3n) is 5.01. The van der Waals surface area contributed by atoms with Crippen LogP contribution in [0.5, 0.6) is 0 Å². The van der Waals surface area contributed by atoms with Crippen molar-refractivity contribution in [3.63, 3.8) is 0 Å². The highest BCUT2D eigenvalue weighted by Crippen LogP contribution is 2.37. The summed E-state index contributed by atoms with van der Waals surface area (Å²) in [4.78, 5) is 11.3. The van der Waals surface area contributed by atoms with E-state index in [2.05, 4.69) is 20.4 Å². The third kappa shape index (κ3) is 10.6. The first-order valence-corrected chi connectivity index (χ1v) is 11.2. The minimum absolute atomic E-state index is 0.0703. The van der Waals surface area contributed by atoms with Crippen LogP contribution in [-0.4, -0.2) is 38.4 Å². The molecule has 0 aliphatic carbocycles. The second-order valence-corrected chi connectivity index (χ2v) is 7.20. The summed E-state index contributed by atoms with van der Waals surface area (Å²) in [7, 11) is 0. The first-order chi connectivity index (χ1) is 13.5. The Bertz CT molecular complexity index is 379. The van der Waals surface area contributed by atoms with Crippen LogP contribution in [0.1, 0.15) is 86.0 Å². The Morgan fingerprint density at radius 3 is 1.96 bits per heavy atom. The molecule has 0 spiro atoms. The number of esters is 1. The summed E-state index contributed by atoms with van der Waals surface area (Å²) in [6, 6.07) is 0. The summed E-state index contributed by atoms with van der Waals surface area (Å²) in [6.45, 7) is 15.7. The van der Waals surface area contributed by atoms with E-state index in [1.807, 2.05) is 20.8 Å². The molecule has 2 atom stereocenters. The molecule has 0 N–H and O–H groups in total. The summed E-state index contributed by atoms with van der Waals surface area (Å²) in [5.41, 5.74) is 0. The van der Waals surface area contributed by atoms with Crippen LogP contribution >= 0.6 is 0 Å². The van der Waals surface area contributed by atoms with Gasteiger partial charge in [-0.1, -0.05) is 59.0 Å². The van der Waals surface area contributed by atoms with Gasteiger partial charge >= 0.3 is 5.97 Å². The molecule has 0 aromatic heterocycles. The van der Waals surface area contributed by atoms with Crippen molar-refractivity contribution in [2.75, 3.05) is 26.4 Å². The molecule has 0 saturated heterocycles. The van der Waals surface area contributed by atoms with Crippen LogP contribution < -0.4 is 0 Å². The Labute approximate surface area is 173 Å². The molecular weight excluding hydrogens is 356 g/mol. The molecule has 0 aliphatic heterocycles. The van der Waals surface area contributed by atoms with Gasteiger partial charge in [-0.3, -0.25) is 0 Å². The van der Waals surface area contributed by atoms with E-state index in [9.17, 15) is 4.79 Å². The van der Waals surface area contributed by atoms with Gasteiger partial charge in [0.25, 0.3) is 5.97 Å². The lowest BCUT2D eigenvalue weighted by Crippen LogP contribution is -2.49. The maximum Gasteiger partial charge on any atom is 0.330 e. The predicted octanol–water partition coefficient (Wildman–Crippen LogP) is 5.87. The van der Waals surface area contributed by atoms with Crippen molar-refractivity contribution in [3.8, 4) is 0 Å². The highest BCUT2D eigenvalue weighted by atomic mass is 16.9. The van der Waals surface area contributed by atoms with E-state index in [4.69, 9.17) is 18.9 Å². The zero-order valence-electron chi connectivity index (χ0n) is 19.0. The summed E-state index contributed by atoms with van der Waals surface area (Å²) in [5.74, 6) is -0.975. The fourth-order valence-corrected chi connectivity index (χ4v) is 3.67. The topological polar surface area (TPSA) is 54.0 Å². The van der Waals surface area contributed by atoms with Gasteiger partial charge in [-0.15, -0.1) is 0 Å². The van der Waals surface area contributed by atoms with Crippen molar-refractivity contribution in [2.24, 2.45) is 11.8 Å². The molecule has 0 radical (unpaired) electrons. The standard InChI is InChI=1S/C23H44O5/c1-7-12-13-14-15-17-20(6)21(18-16-19-25-22(24)8-2)23(26-9-3,27-10-4)28-11-5/h8,20-21H,2,7,9-19H2,1,3-6H3. The molecule has 166 valence electrons.